The Balaban J connectivity index is 1.73. The first-order valence-corrected chi connectivity index (χ1v) is 11.6. The maximum absolute atomic E-state index is 13.5. The summed E-state index contributed by atoms with van der Waals surface area (Å²) >= 11 is 0. The smallest absolute Gasteiger partial charge is 0.338 e. The molecule has 0 saturated carbocycles. The Labute approximate surface area is 207 Å². The van der Waals surface area contributed by atoms with Crippen LogP contribution in [0, 0.1) is 6.92 Å². The molecule has 0 spiro atoms. The molecule has 1 unspecified atom stereocenters. The second-order valence-corrected chi connectivity index (χ2v) is 8.54. The van der Waals surface area contributed by atoms with Crippen molar-refractivity contribution in [3.05, 3.63) is 107 Å². The van der Waals surface area contributed by atoms with Crippen molar-refractivity contribution < 1.29 is 24.2 Å². The van der Waals surface area contributed by atoms with E-state index in [1.54, 1.807) is 31.3 Å². The number of aliphatic hydroxyl groups excluding tert-OH is 1. The largest absolute Gasteiger partial charge is 0.507 e. The number of anilines is 1. The monoisotopic (exact) mass is 480 g/mol. The number of rotatable bonds is 5. The lowest BCUT2D eigenvalue weighted by Gasteiger charge is -2.27. The van der Waals surface area contributed by atoms with Crippen molar-refractivity contribution in [3.63, 3.8) is 0 Å². The Morgan fingerprint density at radius 1 is 1.03 bits per heavy atom. The van der Waals surface area contributed by atoms with Gasteiger partial charge in [-0.05, 0) is 49.2 Å². The lowest BCUT2D eigenvalue weighted by atomic mass is 9.92. The number of para-hydroxylation sites is 1. The number of aromatic nitrogens is 1. The number of carbonyl (C=O) groups is 3. The van der Waals surface area contributed by atoms with Gasteiger partial charge in [0.25, 0.3) is 11.7 Å². The SMILES string of the molecule is CCOC(=O)c1cccc(N2C(=O)C(=O)/C(=C(/O)c3c[nH]c4ccccc34)C2c2ccccc2C)c1. The van der Waals surface area contributed by atoms with Gasteiger partial charge < -0.3 is 14.8 Å². The summed E-state index contributed by atoms with van der Waals surface area (Å²) in [6.45, 7) is 3.81. The standard InChI is InChI=1S/C29H24N2O5/c1-3-36-29(35)18-10-8-11-19(15-18)31-25(20-12-5-4-9-17(20)2)24(27(33)28(31)34)26(32)22-16-30-23-14-7-6-13-21(22)23/h4-16,25,30,32H,3H2,1-2H3/b26-24+. The number of aliphatic hydroxyl groups is 1. The Morgan fingerprint density at radius 2 is 1.78 bits per heavy atom. The predicted molar refractivity (Wildman–Crippen MR) is 137 cm³/mol. The number of aromatic amines is 1. The molecule has 1 saturated heterocycles. The van der Waals surface area contributed by atoms with Crippen LogP contribution in [0.15, 0.2) is 84.6 Å². The Bertz CT molecular complexity index is 1550. The van der Waals surface area contributed by atoms with Crippen molar-refractivity contribution in [2.24, 2.45) is 0 Å². The fourth-order valence-electron chi connectivity index (χ4n) is 4.70. The number of hydrogen-bond acceptors (Lipinski definition) is 5. The molecular formula is C29H24N2O5. The molecule has 1 aromatic heterocycles. The van der Waals surface area contributed by atoms with Gasteiger partial charge in [-0.25, -0.2) is 4.79 Å². The fraction of sp³-hybridized carbons (Fsp3) is 0.138. The summed E-state index contributed by atoms with van der Waals surface area (Å²) in [5.41, 5.74) is 3.37. The molecule has 2 heterocycles. The van der Waals surface area contributed by atoms with Crippen LogP contribution in [0.1, 0.15) is 40.0 Å². The number of hydrogen-bond donors (Lipinski definition) is 2. The van der Waals surface area contributed by atoms with Crippen molar-refractivity contribution >= 4 is 40.0 Å². The molecule has 4 aromatic rings. The van der Waals surface area contributed by atoms with Gasteiger partial charge in [-0.2, -0.15) is 0 Å². The molecule has 7 heteroatoms. The number of fused-ring (bicyclic) bond motifs is 1. The van der Waals surface area contributed by atoms with Gasteiger partial charge in [-0.15, -0.1) is 0 Å². The molecule has 1 aliphatic heterocycles. The minimum Gasteiger partial charge on any atom is -0.507 e. The zero-order valence-electron chi connectivity index (χ0n) is 19.8. The van der Waals surface area contributed by atoms with E-state index in [2.05, 4.69) is 4.98 Å². The second-order valence-electron chi connectivity index (χ2n) is 8.54. The van der Waals surface area contributed by atoms with Crippen molar-refractivity contribution in [2.75, 3.05) is 11.5 Å². The lowest BCUT2D eigenvalue weighted by Crippen LogP contribution is -2.30. The van der Waals surface area contributed by atoms with Crippen LogP contribution >= 0.6 is 0 Å². The Morgan fingerprint density at radius 3 is 2.56 bits per heavy atom. The van der Waals surface area contributed by atoms with E-state index in [1.807, 2.05) is 55.5 Å². The van der Waals surface area contributed by atoms with Gasteiger partial charge in [-0.1, -0.05) is 48.5 Å². The van der Waals surface area contributed by atoms with E-state index in [0.29, 0.717) is 16.8 Å². The van der Waals surface area contributed by atoms with Gasteiger partial charge in [-0.3, -0.25) is 14.5 Å². The zero-order valence-corrected chi connectivity index (χ0v) is 19.8. The molecule has 1 fully saturated rings. The third-order valence-electron chi connectivity index (χ3n) is 6.41. The number of nitrogens with zero attached hydrogens (tertiary/aromatic N) is 1. The quantitative estimate of drug-likeness (QED) is 0.175. The second kappa shape index (κ2) is 9.19. The first-order valence-electron chi connectivity index (χ1n) is 11.6. The van der Waals surface area contributed by atoms with Crippen LogP contribution in [-0.4, -0.2) is 34.4 Å². The average molecular weight is 481 g/mol. The van der Waals surface area contributed by atoms with Gasteiger partial charge >= 0.3 is 5.97 Å². The van der Waals surface area contributed by atoms with Crippen LogP contribution in [0.3, 0.4) is 0 Å². The van der Waals surface area contributed by atoms with Crippen molar-refractivity contribution in [1.82, 2.24) is 4.98 Å². The maximum Gasteiger partial charge on any atom is 0.338 e. The molecule has 1 amide bonds. The summed E-state index contributed by atoms with van der Waals surface area (Å²) in [7, 11) is 0. The van der Waals surface area contributed by atoms with E-state index >= 15 is 0 Å². The molecule has 2 N–H and O–H groups in total. The molecule has 36 heavy (non-hydrogen) atoms. The highest BCUT2D eigenvalue weighted by molar-refractivity contribution is 6.52. The number of benzene rings is 3. The molecule has 0 radical (unpaired) electrons. The van der Waals surface area contributed by atoms with Crippen LogP contribution in [-0.2, 0) is 14.3 Å². The van der Waals surface area contributed by atoms with Gasteiger partial charge in [0.1, 0.15) is 5.76 Å². The topological polar surface area (TPSA) is 99.7 Å². The maximum atomic E-state index is 13.5. The van der Waals surface area contributed by atoms with E-state index < -0.39 is 23.7 Å². The summed E-state index contributed by atoms with van der Waals surface area (Å²) in [6.07, 6.45) is 1.63. The minimum absolute atomic E-state index is 0.0133. The summed E-state index contributed by atoms with van der Waals surface area (Å²) in [6, 6.07) is 20.3. The van der Waals surface area contributed by atoms with Gasteiger partial charge in [0.15, 0.2) is 0 Å². The minimum atomic E-state index is -0.891. The Kier molecular flexibility index (Phi) is 5.90. The highest BCUT2D eigenvalue weighted by Gasteiger charge is 2.47. The molecular weight excluding hydrogens is 456 g/mol. The summed E-state index contributed by atoms with van der Waals surface area (Å²) in [5.74, 6) is -2.37. The van der Waals surface area contributed by atoms with Crippen LogP contribution < -0.4 is 4.90 Å². The highest BCUT2D eigenvalue weighted by Crippen LogP contribution is 2.44. The summed E-state index contributed by atoms with van der Waals surface area (Å²) in [5, 5.41) is 12.2. The molecule has 1 atom stereocenters. The Hall–Kier alpha value is -4.65. The van der Waals surface area contributed by atoms with Crippen LogP contribution in [0.2, 0.25) is 0 Å². The lowest BCUT2D eigenvalue weighted by molar-refractivity contribution is -0.132. The van der Waals surface area contributed by atoms with Crippen molar-refractivity contribution in [3.8, 4) is 0 Å². The van der Waals surface area contributed by atoms with Gasteiger partial charge in [0.05, 0.1) is 23.8 Å². The molecule has 180 valence electrons. The van der Waals surface area contributed by atoms with Crippen LogP contribution in [0.25, 0.3) is 16.7 Å². The van der Waals surface area contributed by atoms with Crippen molar-refractivity contribution in [1.29, 1.82) is 0 Å². The van der Waals surface area contributed by atoms with E-state index in [9.17, 15) is 19.5 Å². The van der Waals surface area contributed by atoms with E-state index in [4.69, 9.17) is 4.74 Å². The van der Waals surface area contributed by atoms with Crippen molar-refractivity contribution in [2.45, 2.75) is 19.9 Å². The third-order valence-corrected chi connectivity index (χ3v) is 6.41. The van der Waals surface area contributed by atoms with Crippen LogP contribution in [0.5, 0.6) is 0 Å². The third kappa shape index (κ3) is 3.75. The molecule has 1 aliphatic rings. The number of esters is 1. The summed E-state index contributed by atoms with van der Waals surface area (Å²) < 4.78 is 5.11. The number of ether oxygens (including phenoxy) is 1. The normalized spacial score (nSPS) is 17.1. The predicted octanol–water partition coefficient (Wildman–Crippen LogP) is 5.28. The molecule has 0 aliphatic carbocycles. The number of Topliss-reactive ketones (excluding diaryl/α,β-unsaturated/α-hetero) is 1. The van der Waals surface area contributed by atoms with E-state index in [0.717, 1.165) is 16.5 Å². The summed E-state index contributed by atoms with van der Waals surface area (Å²) in [4.78, 5) is 43.7. The average Bonchev–Trinajstić information content (AvgIpc) is 3.43. The van der Waals surface area contributed by atoms with E-state index in [1.165, 1.54) is 11.0 Å². The number of aryl methyl sites for hydroxylation is 1. The first kappa shape index (κ1) is 23.1. The van der Waals surface area contributed by atoms with Gasteiger partial charge in [0, 0.05) is 28.4 Å². The van der Waals surface area contributed by atoms with Crippen LogP contribution in [0.4, 0.5) is 5.69 Å². The molecule has 5 rings (SSSR count). The fourth-order valence-corrected chi connectivity index (χ4v) is 4.70. The molecule has 0 bridgehead atoms. The molecule has 3 aromatic carbocycles. The highest BCUT2D eigenvalue weighted by atomic mass is 16.5. The van der Waals surface area contributed by atoms with Gasteiger partial charge in [0.2, 0.25) is 0 Å². The number of amides is 1. The number of carbonyl (C=O) groups excluding carboxylic acids is 3. The number of nitrogens with one attached hydrogen (secondary N) is 1. The number of H-pyrrole nitrogens is 1. The first-order chi connectivity index (χ1) is 17.4. The zero-order chi connectivity index (χ0) is 25.4. The molecule has 7 nitrogen and oxygen atoms in total. The van der Waals surface area contributed by atoms with E-state index in [-0.39, 0.29) is 23.5 Å². The number of ketones is 1.